The van der Waals surface area contributed by atoms with E-state index in [9.17, 15) is 4.79 Å². The first-order valence-electron chi connectivity index (χ1n) is 8.85. The van der Waals surface area contributed by atoms with Crippen molar-refractivity contribution < 1.29 is 9.53 Å². The first kappa shape index (κ1) is 16.5. The fraction of sp³-hybridized carbons (Fsp3) is 0.316. The zero-order valence-corrected chi connectivity index (χ0v) is 14.4. The number of fused-ring (bicyclic) bond motifs is 1. The maximum atomic E-state index is 12.5. The standard InChI is InChI=1S/C19H21N5O2/c25-19(22-16-5-1-2-8-20-16)14-13-21-15-6-7-17(23-18(14)15)26-12-11-24-9-3-4-10-24/h1-2,5-8,13,21H,3-4,9-12H2,(H,20,22,25). The SMILES string of the molecule is O=C(Nc1ccccn1)c1c[nH]c2ccc(OCCN3CCCC3)nc12. The zero-order valence-electron chi connectivity index (χ0n) is 14.4. The molecule has 0 aromatic carbocycles. The Morgan fingerprint density at radius 3 is 2.92 bits per heavy atom. The van der Waals surface area contributed by atoms with Gasteiger partial charge in [0.15, 0.2) is 0 Å². The van der Waals surface area contributed by atoms with E-state index in [1.807, 2.05) is 18.2 Å². The average Bonchev–Trinajstić information content (AvgIpc) is 3.32. The van der Waals surface area contributed by atoms with E-state index in [0.717, 1.165) is 25.2 Å². The van der Waals surface area contributed by atoms with Gasteiger partial charge in [0.25, 0.3) is 5.91 Å². The highest BCUT2D eigenvalue weighted by atomic mass is 16.5. The van der Waals surface area contributed by atoms with Crippen LogP contribution < -0.4 is 10.1 Å². The van der Waals surface area contributed by atoms with E-state index in [2.05, 4.69) is 25.2 Å². The van der Waals surface area contributed by atoms with Crippen molar-refractivity contribution >= 4 is 22.8 Å². The fourth-order valence-corrected chi connectivity index (χ4v) is 3.14. The molecule has 0 radical (unpaired) electrons. The van der Waals surface area contributed by atoms with Crippen molar-refractivity contribution in [1.29, 1.82) is 0 Å². The van der Waals surface area contributed by atoms with Gasteiger partial charge in [-0.05, 0) is 44.1 Å². The van der Waals surface area contributed by atoms with Crippen LogP contribution in [0.25, 0.3) is 11.0 Å². The summed E-state index contributed by atoms with van der Waals surface area (Å²) in [6.45, 7) is 3.79. The summed E-state index contributed by atoms with van der Waals surface area (Å²) >= 11 is 0. The van der Waals surface area contributed by atoms with Crippen LogP contribution in [0.15, 0.2) is 42.7 Å². The van der Waals surface area contributed by atoms with Crippen LogP contribution in [0.4, 0.5) is 5.82 Å². The minimum absolute atomic E-state index is 0.253. The molecule has 0 spiro atoms. The van der Waals surface area contributed by atoms with Gasteiger partial charge in [0.05, 0.1) is 11.1 Å². The molecular formula is C19H21N5O2. The van der Waals surface area contributed by atoms with Crippen molar-refractivity contribution in [3.05, 3.63) is 48.3 Å². The van der Waals surface area contributed by atoms with Crippen LogP contribution in [0.2, 0.25) is 0 Å². The van der Waals surface area contributed by atoms with E-state index in [4.69, 9.17) is 4.74 Å². The third kappa shape index (κ3) is 3.67. The molecule has 1 amide bonds. The van der Waals surface area contributed by atoms with E-state index >= 15 is 0 Å². The van der Waals surface area contributed by atoms with E-state index in [-0.39, 0.29) is 5.91 Å². The number of rotatable bonds is 6. The van der Waals surface area contributed by atoms with E-state index < -0.39 is 0 Å². The molecule has 2 N–H and O–H groups in total. The molecule has 4 rings (SSSR count). The number of hydrogen-bond donors (Lipinski definition) is 2. The van der Waals surface area contributed by atoms with E-state index in [0.29, 0.717) is 29.4 Å². The lowest BCUT2D eigenvalue weighted by Gasteiger charge is -2.14. The highest BCUT2D eigenvalue weighted by Crippen LogP contribution is 2.21. The molecule has 0 atom stereocenters. The highest BCUT2D eigenvalue weighted by Gasteiger charge is 2.15. The van der Waals surface area contributed by atoms with Crippen molar-refractivity contribution in [2.75, 3.05) is 31.6 Å². The fourth-order valence-electron chi connectivity index (χ4n) is 3.14. The summed E-state index contributed by atoms with van der Waals surface area (Å²) in [6.07, 6.45) is 5.82. The molecule has 3 aromatic rings. The number of carbonyl (C=O) groups excluding carboxylic acids is 1. The lowest BCUT2D eigenvalue weighted by atomic mass is 10.2. The van der Waals surface area contributed by atoms with Crippen molar-refractivity contribution in [2.45, 2.75) is 12.8 Å². The Hall–Kier alpha value is -2.93. The van der Waals surface area contributed by atoms with Crippen molar-refractivity contribution in [2.24, 2.45) is 0 Å². The summed E-state index contributed by atoms with van der Waals surface area (Å²) in [7, 11) is 0. The highest BCUT2D eigenvalue weighted by molar-refractivity contribution is 6.11. The number of likely N-dealkylation sites (tertiary alicyclic amines) is 1. The Kier molecular flexibility index (Phi) is 4.79. The molecule has 26 heavy (non-hydrogen) atoms. The average molecular weight is 351 g/mol. The number of aromatic nitrogens is 3. The molecule has 7 nitrogen and oxygen atoms in total. The number of nitrogens with one attached hydrogen (secondary N) is 2. The molecule has 134 valence electrons. The molecule has 0 bridgehead atoms. The number of anilines is 1. The lowest BCUT2D eigenvalue weighted by Crippen LogP contribution is -2.25. The normalized spacial score (nSPS) is 14.6. The molecule has 7 heteroatoms. The van der Waals surface area contributed by atoms with Gasteiger partial charge in [-0.3, -0.25) is 9.69 Å². The number of ether oxygens (including phenoxy) is 1. The molecule has 1 aliphatic heterocycles. The zero-order chi connectivity index (χ0) is 17.8. The smallest absolute Gasteiger partial charge is 0.260 e. The lowest BCUT2D eigenvalue weighted by molar-refractivity contribution is 0.102. The monoisotopic (exact) mass is 351 g/mol. The van der Waals surface area contributed by atoms with Gasteiger partial charge < -0.3 is 15.0 Å². The summed E-state index contributed by atoms with van der Waals surface area (Å²) in [5.41, 5.74) is 1.86. The largest absolute Gasteiger partial charge is 0.476 e. The maximum absolute atomic E-state index is 12.5. The van der Waals surface area contributed by atoms with E-state index in [1.54, 1.807) is 24.5 Å². The molecule has 0 saturated carbocycles. The van der Waals surface area contributed by atoms with Gasteiger partial charge in [-0.15, -0.1) is 0 Å². The molecule has 1 fully saturated rings. The van der Waals surface area contributed by atoms with Gasteiger partial charge >= 0.3 is 0 Å². The first-order chi connectivity index (χ1) is 12.8. The van der Waals surface area contributed by atoms with Crippen LogP contribution in [0, 0.1) is 0 Å². The Bertz CT molecular complexity index is 887. The van der Waals surface area contributed by atoms with Gasteiger partial charge in [0.2, 0.25) is 5.88 Å². The third-order valence-corrected chi connectivity index (χ3v) is 4.50. The number of H-pyrrole nitrogens is 1. The first-order valence-corrected chi connectivity index (χ1v) is 8.85. The van der Waals surface area contributed by atoms with Gasteiger partial charge in [0.1, 0.15) is 17.9 Å². The number of amides is 1. The number of hydrogen-bond acceptors (Lipinski definition) is 5. The van der Waals surface area contributed by atoms with Crippen LogP contribution in [-0.4, -0.2) is 52.0 Å². The quantitative estimate of drug-likeness (QED) is 0.713. The number of pyridine rings is 2. The van der Waals surface area contributed by atoms with Gasteiger partial charge in [-0.25, -0.2) is 9.97 Å². The molecule has 3 aromatic heterocycles. The van der Waals surface area contributed by atoms with Crippen molar-refractivity contribution in [3.8, 4) is 5.88 Å². The summed E-state index contributed by atoms with van der Waals surface area (Å²) in [5, 5.41) is 2.78. The minimum atomic E-state index is -0.253. The Labute approximate surface area is 151 Å². The van der Waals surface area contributed by atoms with Gasteiger partial charge in [-0.2, -0.15) is 0 Å². The van der Waals surface area contributed by atoms with Crippen LogP contribution >= 0.6 is 0 Å². The summed E-state index contributed by atoms with van der Waals surface area (Å²) in [5.74, 6) is 0.782. The Morgan fingerprint density at radius 1 is 1.23 bits per heavy atom. The number of carbonyl (C=O) groups is 1. The minimum Gasteiger partial charge on any atom is -0.476 e. The van der Waals surface area contributed by atoms with Crippen LogP contribution in [0.1, 0.15) is 23.2 Å². The second kappa shape index (κ2) is 7.53. The van der Waals surface area contributed by atoms with Crippen LogP contribution in [-0.2, 0) is 0 Å². The Balaban J connectivity index is 1.46. The van der Waals surface area contributed by atoms with Crippen molar-refractivity contribution in [3.63, 3.8) is 0 Å². The number of nitrogens with zero attached hydrogens (tertiary/aromatic N) is 3. The predicted molar refractivity (Wildman–Crippen MR) is 99.5 cm³/mol. The van der Waals surface area contributed by atoms with Crippen LogP contribution in [0.5, 0.6) is 5.88 Å². The van der Waals surface area contributed by atoms with Gasteiger partial charge in [0, 0.05) is 25.0 Å². The van der Waals surface area contributed by atoms with Crippen molar-refractivity contribution in [1.82, 2.24) is 19.9 Å². The maximum Gasteiger partial charge on any atom is 0.260 e. The van der Waals surface area contributed by atoms with E-state index in [1.165, 1.54) is 12.8 Å². The summed E-state index contributed by atoms with van der Waals surface area (Å²) in [4.78, 5) is 26.6. The summed E-state index contributed by atoms with van der Waals surface area (Å²) in [6, 6.07) is 9.07. The number of aromatic amines is 1. The molecule has 0 unspecified atom stereocenters. The molecule has 1 aliphatic rings. The molecule has 0 aliphatic carbocycles. The topological polar surface area (TPSA) is 83.1 Å². The van der Waals surface area contributed by atoms with Crippen LogP contribution in [0.3, 0.4) is 0 Å². The molecule has 1 saturated heterocycles. The Morgan fingerprint density at radius 2 is 2.12 bits per heavy atom. The van der Waals surface area contributed by atoms with Gasteiger partial charge in [-0.1, -0.05) is 6.07 Å². The second-order valence-corrected chi connectivity index (χ2v) is 6.31. The predicted octanol–water partition coefficient (Wildman–Crippen LogP) is 2.68. The molecular weight excluding hydrogens is 330 g/mol. The third-order valence-electron chi connectivity index (χ3n) is 4.50. The second-order valence-electron chi connectivity index (χ2n) is 6.31. The molecule has 4 heterocycles. The summed E-state index contributed by atoms with van der Waals surface area (Å²) < 4.78 is 5.79.